The third-order valence-electron chi connectivity index (χ3n) is 2.74. The van der Waals surface area contributed by atoms with Crippen LogP contribution in [0.3, 0.4) is 0 Å². The minimum Gasteiger partial charge on any atom is -1.00 e. The Hall–Kier alpha value is -0.880. The molecule has 0 aliphatic heterocycles. The Labute approximate surface area is 131 Å². The Morgan fingerprint density at radius 3 is 2.50 bits per heavy atom. The lowest BCUT2D eigenvalue weighted by molar-refractivity contribution is -0.671. The van der Waals surface area contributed by atoms with Crippen molar-refractivity contribution in [1.29, 1.82) is 0 Å². The topological polar surface area (TPSA) is 17.0 Å². The third-order valence-corrected chi connectivity index (χ3v) is 3.23. The molecule has 0 unspecified atom stereocenters. The van der Waals surface area contributed by atoms with Crippen LogP contribution in [0, 0.1) is 0 Å². The van der Waals surface area contributed by atoms with Gasteiger partial charge >= 0.3 is 0 Å². The quantitative estimate of drug-likeness (QED) is 0.422. The summed E-state index contributed by atoms with van der Waals surface area (Å²) in [5.74, 6) is 0.902. The van der Waals surface area contributed by atoms with Crippen molar-refractivity contribution in [3.63, 3.8) is 0 Å². The minimum atomic E-state index is 0. The molecule has 0 spiro atoms. The van der Waals surface area contributed by atoms with Crippen molar-refractivity contribution in [3.05, 3.63) is 53.3 Å². The van der Waals surface area contributed by atoms with Crippen LogP contribution < -0.4 is 28.5 Å². The van der Waals surface area contributed by atoms with Crippen molar-refractivity contribution in [2.45, 2.75) is 0 Å². The van der Waals surface area contributed by atoms with Crippen molar-refractivity contribution >= 4 is 26.9 Å². The molecule has 2 heterocycles. The van der Waals surface area contributed by atoms with E-state index in [9.17, 15) is 0 Å². The van der Waals surface area contributed by atoms with Crippen molar-refractivity contribution < 1.29 is 33.0 Å². The molecule has 0 radical (unpaired) electrons. The van der Waals surface area contributed by atoms with Gasteiger partial charge in [0.2, 0.25) is 0 Å². The molecule has 0 amide bonds. The van der Waals surface area contributed by atoms with Crippen LogP contribution in [0.4, 0.5) is 0 Å². The van der Waals surface area contributed by atoms with E-state index in [4.69, 9.17) is 4.42 Å². The van der Waals surface area contributed by atoms with E-state index in [1.807, 2.05) is 48.3 Å². The number of fused-ring (bicyclic) bond motifs is 1. The van der Waals surface area contributed by atoms with Crippen molar-refractivity contribution in [2.75, 3.05) is 0 Å². The Balaban J connectivity index is 0.00000120. The summed E-state index contributed by atoms with van der Waals surface area (Å²) in [6, 6.07) is 12.2. The zero-order valence-electron chi connectivity index (χ0n) is 9.73. The van der Waals surface area contributed by atoms with E-state index in [0.29, 0.717) is 0 Å². The van der Waals surface area contributed by atoms with Gasteiger partial charge in [0, 0.05) is 27.6 Å². The number of benzene rings is 1. The van der Waals surface area contributed by atoms with Gasteiger partial charge < -0.3 is 28.4 Å². The normalized spacial score (nSPS) is 10.3. The molecule has 4 heteroatoms. The molecule has 3 rings (SSSR count). The molecule has 92 valence electrons. The molecule has 0 atom stereocenters. The van der Waals surface area contributed by atoms with Crippen molar-refractivity contribution in [3.8, 4) is 11.3 Å². The average Bonchev–Trinajstić information content (AvgIpc) is 2.72. The summed E-state index contributed by atoms with van der Waals surface area (Å²) < 4.78 is 8.89. The first kappa shape index (κ1) is 13.5. The van der Waals surface area contributed by atoms with E-state index in [0.717, 1.165) is 26.8 Å². The molecule has 0 N–H and O–H groups in total. The van der Waals surface area contributed by atoms with Crippen LogP contribution in [-0.2, 0) is 7.05 Å². The van der Waals surface area contributed by atoms with Gasteiger partial charge in [0.25, 0.3) is 0 Å². The molecule has 2 aromatic heterocycles. The van der Waals surface area contributed by atoms with E-state index in [2.05, 4.69) is 28.1 Å². The summed E-state index contributed by atoms with van der Waals surface area (Å²) in [5, 5.41) is 1.11. The predicted molar refractivity (Wildman–Crippen MR) is 70.5 cm³/mol. The van der Waals surface area contributed by atoms with Crippen LogP contribution >= 0.6 is 15.9 Å². The molecule has 0 aliphatic carbocycles. The van der Waals surface area contributed by atoms with Gasteiger partial charge in [-0.1, -0.05) is 15.9 Å². The fourth-order valence-electron chi connectivity index (χ4n) is 1.82. The maximum atomic E-state index is 5.82. The van der Waals surface area contributed by atoms with E-state index in [1.54, 1.807) is 0 Å². The van der Waals surface area contributed by atoms with Crippen LogP contribution in [-0.4, -0.2) is 0 Å². The number of nitrogens with zero attached hydrogens (tertiary/aromatic N) is 1. The highest BCUT2D eigenvalue weighted by molar-refractivity contribution is 9.10. The van der Waals surface area contributed by atoms with Gasteiger partial charge in [-0.15, -0.1) is 0 Å². The van der Waals surface area contributed by atoms with Gasteiger partial charge in [0.05, 0.1) is 0 Å². The highest BCUT2D eigenvalue weighted by atomic mass is 127. The van der Waals surface area contributed by atoms with Gasteiger partial charge in [-0.05, 0) is 24.3 Å². The molecular weight excluding hydrogens is 405 g/mol. The van der Waals surface area contributed by atoms with E-state index < -0.39 is 0 Å². The Morgan fingerprint density at radius 2 is 1.78 bits per heavy atom. The number of aromatic nitrogens is 1. The SMILES string of the molecule is C[n+]1ccc(-c2cc3cc(Br)ccc3o2)cc1.[I-]. The number of pyridine rings is 1. The summed E-state index contributed by atoms with van der Waals surface area (Å²) >= 11 is 3.46. The number of hydrogen-bond donors (Lipinski definition) is 0. The third kappa shape index (κ3) is 2.59. The largest absolute Gasteiger partial charge is 1.00 e. The fourth-order valence-corrected chi connectivity index (χ4v) is 2.20. The van der Waals surface area contributed by atoms with Gasteiger partial charge in [0.1, 0.15) is 18.4 Å². The highest BCUT2D eigenvalue weighted by Crippen LogP contribution is 2.28. The standard InChI is InChI=1S/C14H11BrNO.HI/c1-16-6-4-10(5-7-16)14-9-11-8-12(15)2-3-13(11)17-14;/h2-9H,1H3;1H/q+1;/p-1. The first-order chi connectivity index (χ1) is 8.22. The first-order valence-electron chi connectivity index (χ1n) is 5.37. The Kier molecular flexibility index (Phi) is 4.07. The summed E-state index contributed by atoms with van der Waals surface area (Å²) in [6.45, 7) is 0. The molecule has 0 saturated carbocycles. The maximum absolute atomic E-state index is 5.82. The van der Waals surface area contributed by atoms with Crippen LogP contribution in [0.15, 0.2) is 57.7 Å². The number of aryl methyl sites for hydroxylation is 1. The average molecular weight is 416 g/mol. The first-order valence-corrected chi connectivity index (χ1v) is 6.16. The van der Waals surface area contributed by atoms with Crippen LogP contribution in [0.5, 0.6) is 0 Å². The highest BCUT2D eigenvalue weighted by Gasteiger charge is 2.07. The van der Waals surface area contributed by atoms with E-state index >= 15 is 0 Å². The van der Waals surface area contributed by atoms with Gasteiger partial charge in [-0.2, -0.15) is 0 Å². The molecule has 0 fully saturated rings. The summed E-state index contributed by atoms with van der Waals surface area (Å²) in [5.41, 5.74) is 2.01. The molecule has 3 aromatic rings. The molecule has 0 bridgehead atoms. The van der Waals surface area contributed by atoms with E-state index in [1.165, 1.54) is 0 Å². The van der Waals surface area contributed by atoms with Crippen LogP contribution in [0.25, 0.3) is 22.3 Å². The van der Waals surface area contributed by atoms with Gasteiger partial charge in [0.15, 0.2) is 12.4 Å². The second-order valence-electron chi connectivity index (χ2n) is 4.05. The number of hydrogen-bond acceptors (Lipinski definition) is 1. The molecule has 0 saturated heterocycles. The number of furan rings is 1. The molecule has 2 nitrogen and oxygen atoms in total. The van der Waals surface area contributed by atoms with Crippen molar-refractivity contribution in [1.82, 2.24) is 0 Å². The van der Waals surface area contributed by atoms with Crippen LogP contribution in [0.2, 0.25) is 0 Å². The van der Waals surface area contributed by atoms with E-state index in [-0.39, 0.29) is 24.0 Å². The van der Waals surface area contributed by atoms with Gasteiger partial charge in [-0.3, -0.25) is 0 Å². The minimum absolute atomic E-state index is 0. The molecule has 18 heavy (non-hydrogen) atoms. The zero-order chi connectivity index (χ0) is 11.8. The fraction of sp³-hybridized carbons (Fsp3) is 0.0714. The molecular formula is C14H11BrINO. The molecule has 1 aromatic carbocycles. The summed E-state index contributed by atoms with van der Waals surface area (Å²) in [6.07, 6.45) is 4.02. The summed E-state index contributed by atoms with van der Waals surface area (Å²) in [4.78, 5) is 0. The lowest BCUT2D eigenvalue weighted by Gasteiger charge is -1.93. The van der Waals surface area contributed by atoms with Gasteiger partial charge in [-0.25, -0.2) is 4.57 Å². The predicted octanol–water partition coefficient (Wildman–Crippen LogP) is 0.691. The Morgan fingerprint density at radius 1 is 1.06 bits per heavy atom. The zero-order valence-corrected chi connectivity index (χ0v) is 13.5. The second-order valence-corrected chi connectivity index (χ2v) is 4.96. The van der Waals surface area contributed by atoms with Crippen molar-refractivity contribution in [2.24, 2.45) is 7.05 Å². The lowest BCUT2D eigenvalue weighted by Crippen LogP contribution is -3.00. The lowest BCUT2D eigenvalue weighted by atomic mass is 10.2. The Bertz CT molecular complexity index is 676. The monoisotopic (exact) mass is 415 g/mol. The number of rotatable bonds is 1. The number of halogens is 2. The smallest absolute Gasteiger partial charge is 0.169 e. The van der Waals surface area contributed by atoms with Crippen LogP contribution in [0.1, 0.15) is 0 Å². The molecule has 0 aliphatic rings. The second kappa shape index (κ2) is 5.40. The summed E-state index contributed by atoms with van der Waals surface area (Å²) in [7, 11) is 2.00. The maximum Gasteiger partial charge on any atom is 0.169 e.